The molecule has 2 aromatic heterocycles. The molecule has 328 valence electrons. The van der Waals surface area contributed by atoms with Crippen molar-refractivity contribution < 1.29 is 8.83 Å². The number of anilines is 3. The minimum atomic E-state index is -0.535. The monoisotopic (exact) mass is 893 g/mol. The van der Waals surface area contributed by atoms with Crippen LogP contribution in [0.1, 0.15) is 22.3 Å². The van der Waals surface area contributed by atoms with Crippen LogP contribution in [0, 0.1) is 0 Å². The number of hydrogen-bond acceptors (Lipinski definition) is 3. The van der Waals surface area contributed by atoms with Crippen molar-refractivity contribution in [1.82, 2.24) is 0 Å². The Kier molecular flexibility index (Phi) is 9.11. The van der Waals surface area contributed by atoms with E-state index in [1.54, 1.807) is 0 Å². The molecule has 70 heavy (non-hydrogen) atoms. The van der Waals surface area contributed by atoms with Crippen molar-refractivity contribution in [2.45, 2.75) is 5.41 Å². The van der Waals surface area contributed by atoms with Gasteiger partial charge in [-0.25, -0.2) is 0 Å². The summed E-state index contributed by atoms with van der Waals surface area (Å²) >= 11 is 0. The van der Waals surface area contributed by atoms with Gasteiger partial charge < -0.3 is 13.7 Å². The fraction of sp³-hybridized carbons (Fsp3) is 0.0149. The van der Waals surface area contributed by atoms with Crippen LogP contribution >= 0.6 is 0 Å². The molecule has 0 fully saturated rings. The highest BCUT2D eigenvalue weighted by Crippen LogP contribution is 2.57. The van der Waals surface area contributed by atoms with E-state index in [9.17, 15) is 0 Å². The Labute approximate surface area is 405 Å². The molecule has 14 rings (SSSR count). The molecule has 11 aromatic carbocycles. The lowest BCUT2D eigenvalue weighted by Gasteiger charge is -2.35. The van der Waals surface area contributed by atoms with Gasteiger partial charge in [-0.3, -0.25) is 0 Å². The summed E-state index contributed by atoms with van der Waals surface area (Å²) in [4.78, 5) is 2.42. The topological polar surface area (TPSA) is 29.5 Å². The SMILES string of the molecule is c1ccc(-c2cccc(N(c3ccc(-c4cccc5oc6c(-c7ccccc7)c7c(cc6c45)oc4ccccc47)cc3)c3ccc4c(c3)C(c3ccccc3)(c3ccccc3)c3ccccc3-4)c2)cc1. The molecule has 13 aromatic rings. The normalized spacial score (nSPS) is 12.7. The zero-order valence-corrected chi connectivity index (χ0v) is 38.1. The molecular weight excluding hydrogens is 851 g/mol. The van der Waals surface area contributed by atoms with Crippen molar-refractivity contribution in [3.8, 4) is 44.5 Å². The quantitative estimate of drug-likeness (QED) is 0.152. The molecule has 0 saturated heterocycles. The number of para-hydroxylation sites is 1. The van der Waals surface area contributed by atoms with E-state index in [0.29, 0.717) is 0 Å². The van der Waals surface area contributed by atoms with Crippen LogP contribution in [-0.4, -0.2) is 0 Å². The third-order valence-corrected chi connectivity index (χ3v) is 14.5. The molecule has 3 nitrogen and oxygen atoms in total. The summed E-state index contributed by atoms with van der Waals surface area (Å²) < 4.78 is 13.6. The minimum Gasteiger partial charge on any atom is -0.456 e. The fourth-order valence-corrected chi connectivity index (χ4v) is 11.5. The largest absolute Gasteiger partial charge is 0.456 e. The second-order valence-electron chi connectivity index (χ2n) is 18.3. The highest BCUT2D eigenvalue weighted by molar-refractivity contribution is 6.25. The van der Waals surface area contributed by atoms with Gasteiger partial charge in [0.15, 0.2) is 0 Å². The van der Waals surface area contributed by atoms with Crippen molar-refractivity contribution >= 4 is 60.9 Å². The van der Waals surface area contributed by atoms with Gasteiger partial charge in [0, 0.05) is 44.2 Å². The first kappa shape index (κ1) is 39.9. The van der Waals surface area contributed by atoms with Crippen LogP contribution in [-0.2, 0) is 5.41 Å². The number of fused-ring (bicyclic) bond motifs is 9. The van der Waals surface area contributed by atoms with Gasteiger partial charge in [-0.05, 0) is 116 Å². The van der Waals surface area contributed by atoms with E-state index in [4.69, 9.17) is 8.83 Å². The van der Waals surface area contributed by atoms with E-state index >= 15 is 0 Å². The van der Waals surface area contributed by atoms with E-state index in [0.717, 1.165) is 88.8 Å². The molecule has 0 unspecified atom stereocenters. The molecule has 1 aliphatic carbocycles. The molecule has 0 N–H and O–H groups in total. The van der Waals surface area contributed by atoms with Gasteiger partial charge in [0.1, 0.15) is 22.3 Å². The van der Waals surface area contributed by atoms with Crippen molar-refractivity contribution in [2.24, 2.45) is 0 Å². The molecule has 0 atom stereocenters. The maximum atomic E-state index is 6.94. The lowest BCUT2D eigenvalue weighted by atomic mass is 9.67. The Bertz CT molecular complexity index is 4060. The van der Waals surface area contributed by atoms with Gasteiger partial charge in [-0.2, -0.15) is 0 Å². The second kappa shape index (κ2) is 16.0. The highest BCUT2D eigenvalue weighted by Gasteiger charge is 2.46. The van der Waals surface area contributed by atoms with E-state index in [2.05, 4.69) is 254 Å². The lowest BCUT2D eigenvalue weighted by Crippen LogP contribution is -2.28. The molecule has 0 spiro atoms. The lowest BCUT2D eigenvalue weighted by molar-refractivity contribution is 0.664. The molecule has 0 aliphatic heterocycles. The zero-order chi connectivity index (χ0) is 46.2. The van der Waals surface area contributed by atoms with Crippen molar-refractivity contribution in [2.75, 3.05) is 4.90 Å². The number of rotatable bonds is 8. The predicted octanol–water partition coefficient (Wildman–Crippen LogP) is 18.3. The second-order valence-corrected chi connectivity index (χ2v) is 18.3. The van der Waals surface area contributed by atoms with E-state index in [-0.39, 0.29) is 0 Å². The summed E-state index contributed by atoms with van der Waals surface area (Å²) in [6, 6.07) is 94.1. The maximum absolute atomic E-state index is 6.94. The number of hydrogen-bond donors (Lipinski definition) is 0. The third kappa shape index (κ3) is 6.08. The van der Waals surface area contributed by atoms with Crippen molar-refractivity contribution in [3.63, 3.8) is 0 Å². The zero-order valence-electron chi connectivity index (χ0n) is 38.1. The Balaban J connectivity index is 0.963. The van der Waals surface area contributed by atoms with Gasteiger partial charge in [0.2, 0.25) is 0 Å². The standard InChI is InChI=1S/C67H43NO2/c1-5-19-44(20-6-1)47-23-17-28-51(41-47)68(52-39-40-55-54-29-13-15-32-58(54)67(59(55)42-52,48-24-9-3-10-25-48)49-26-11-4-12-27-49)50-37-35-45(36-38-50)53-31-18-34-61-64(53)57-43-62-65(56-30-14-16-33-60(56)69-62)63(66(57)70-61)46-21-7-2-8-22-46/h1-43H. The summed E-state index contributed by atoms with van der Waals surface area (Å²) in [6.07, 6.45) is 0. The first-order valence-corrected chi connectivity index (χ1v) is 24.0. The molecule has 2 heterocycles. The van der Waals surface area contributed by atoms with E-state index < -0.39 is 5.41 Å². The Morgan fingerprint density at radius 3 is 1.63 bits per heavy atom. The van der Waals surface area contributed by atoms with Gasteiger partial charge >= 0.3 is 0 Å². The Hall–Kier alpha value is -9.18. The predicted molar refractivity (Wildman–Crippen MR) is 289 cm³/mol. The molecule has 3 heteroatoms. The third-order valence-electron chi connectivity index (χ3n) is 14.5. The number of nitrogens with zero attached hydrogens (tertiary/aromatic N) is 1. The van der Waals surface area contributed by atoms with Crippen LogP contribution in [0.25, 0.3) is 88.4 Å². The Morgan fingerprint density at radius 1 is 0.300 bits per heavy atom. The minimum absolute atomic E-state index is 0.535. The van der Waals surface area contributed by atoms with Crippen molar-refractivity contribution in [3.05, 3.63) is 283 Å². The molecule has 0 saturated carbocycles. The maximum Gasteiger partial charge on any atom is 0.144 e. The van der Waals surface area contributed by atoms with Crippen LogP contribution < -0.4 is 4.90 Å². The van der Waals surface area contributed by atoms with Gasteiger partial charge in [-0.1, -0.05) is 206 Å². The summed E-state index contributed by atoms with van der Waals surface area (Å²) in [6.45, 7) is 0. The number of benzene rings is 11. The average Bonchev–Trinajstić information content (AvgIpc) is 4.10. The van der Waals surface area contributed by atoms with Gasteiger partial charge in [0.05, 0.1) is 5.41 Å². The smallest absolute Gasteiger partial charge is 0.144 e. The van der Waals surface area contributed by atoms with Crippen LogP contribution in [0.2, 0.25) is 0 Å². The highest BCUT2D eigenvalue weighted by atomic mass is 16.3. The molecule has 0 radical (unpaired) electrons. The van der Waals surface area contributed by atoms with Crippen LogP contribution in [0.15, 0.2) is 270 Å². The fourth-order valence-electron chi connectivity index (χ4n) is 11.5. The van der Waals surface area contributed by atoms with Crippen LogP contribution in [0.4, 0.5) is 17.1 Å². The van der Waals surface area contributed by atoms with Crippen LogP contribution in [0.5, 0.6) is 0 Å². The number of furan rings is 2. The average molecular weight is 894 g/mol. The Morgan fingerprint density at radius 2 is 0.871 bits per heavy atom. The van der Waals surface area contributed by atoms with Crippen LogP contribution in [0.3, 0.4) is 0 Å². The first-order valence-electron chi connectivity index (χ1n) is 24.0. The van der Waals surface area contributed by atoms with Gasteiger partial charge in [-0.15, -0.1) is 0 Å². The van der Waals surface area contributed by atoms with Gasteiger partial charge in [0.25, 0.3) is 0 Å². The molecule has 0 amide bonds. The summed E-state index contributed by atoms with van der Waals surface area (Å²) in [7, 11) is 0. The molecule has 0 bridgehead atoms. The summed E-state index contributed by atoms with van der Waals surface area (Å²) in [5.74, 6) is 0. The molecule has 1 aliphatic rings. The van der Waals surface area contributed by atoms with E-state index in [1.807, 2.05) is 12.1 Å². The molecular formula is C67H43NO2. The first-order chi connectivity index (χ1) is 34.7. The van der Waals surface area contributed by atoms with Crippen molar-refractivity contribution in [1.29, 1.82) is 0 Å². The van der Waals surface area contributed by atoms with E-state index in [1.165, 1.54) is 38.9 Å². The summed E-state index contributed by atoms with van der Waals surface area (Å²) in [5, 5.41) is 4.23. The summed E-state index contributed by atoms with van der Waals surface area (Å²) in [5.41, 5.74) is 20.3.